The quantitative estimate of drug-likeness (QED) is 0.909. The highest BCUT2D eigenvalue weighted by Crippen LogP contribution is 2.12. The number of rotatable bonds is 4. The van der Waals surface area contributed by atoms with Crippen LogP contribution in [0.3, 0.4) is 0 Å². The maximum absolute atomic E-state index is 11.6. The molecule has 6 nitrogen and oxygen atoms in total. The molecule has 21 heavy (non-hydrogen) atoms. The second-order valence-electron chi connectivity index (χ2n) is 5.30. The Morgan fingerprint density at radius 2 is 2.10 bits per heavy atom. The van der Waals surface area contributed by atoms with Crippen LogP contribution < -0.4 is 5.32 Å². The molecule has 1 saturated heterocycles. The summed E-state index contributed by atoms with van der Waals surface area (Å²) in [5.74, 6) is 0.537. The van der Waals surface area contributed by atoms with Crippen molar-refractivity contribution in [2.45, 2.75) is 25.4 Å². The number of nitrogens with one attached hydrogen (secondary N) is 1. The van der Waals surface area contributed by atoms with Gasteiger partial charge in [-0.3, -0.25) is 0 Å². The zero-order chi connectivity index (χ0) is 14.7. The van der Waals surface area contributed by atoms with Crippen LogP contribution in [0, 0.1) is 0 Å². The van der Waals surface area contributed by atoms with Crippen molar-refractivity contribution in [3.05, 3.63) is 42.2 Å². The van der Waals surface area contributed by atoms with Crippen molar-refractivity contribution in [2.24, 2.45) is 0 Å². The lowest BCUT2D eigenvalue weighted by molar-refractivity contribution is 0.476. The lowest BCUT2D eigenvalue weighted by atomic mass is 10.2. The molecule has 1 aromatic carbocycles. The van der Waals surface area contributed by atoms with Crippen LogP contribution in [-0.2, 0) is 16.4 Å². The van der Waals surface area contributed by atoms with E-state index in [0.717, 1.165) is 24.2 Å². The second kappa shape index (κ2) is 5.95. The molecule has 0 spiro atoms. The molecule has 0 bridgehead atoms. The molecular formula is C14H18N4O2S. The topological polar surface area (TPSA) is 76.9 Å². The predicted octanol–water partition coefficient (Wildman–Crippen LogP) is 0.934. The molecule has 3 rings (SSSR count). The van der Waals surface area contributed by atoms with Crippen LogP contribution >= 0.6 is 0 Å². The minimum absolute atomic E-state index is 0.0191. The zero-order valence-corrected chi connectivity index (χ0v) is 12.5. The van der Waals surface area contributed by atoms with E-state index >= 15 is 0 Å². The largest absolute Gasteiger partial charge is 0.307 e. The van der Waals surface area contributed by atoms with Crippen LogP contribution in [0.25, 0.3) is 5.69 Å². The molecule has 0 radical (unpaired) electrons. The summed E-state index contributed by atoms with van der Waals surface area (Å²) < 4.78 is 23.2. The Kier molecular flexibility index (Phi) is 4.03. The molecule has 112 valence electrons. The average molecular weight is 306 g/mol. The number of aromatic nitrogens is 3. The Morgan fingerprint density at radius 3 is 2.86 bits per heavy atom. The van der Waals surface area contributed by atoms with Gasteiger partial charge in [-0.05, 0) is 25.0 Å². The van der Waals surface area contributed by atoms with Crippen LogP contribution in [0.1, 0.15) is 18.5 Å². The van der Waals surface area contributed by atoms with E-state index in [1.54, 1.807) is 11.0 Å². The Hall–Kier alpha value is -1.73. The van der Waals surface area contributed by atoms with Gasteiger partial charge >= 0.3 is 0 Å². The van der Waals surface area contributed by atoms with Crippen LogP contribution in [0.15, 0.2) is 36.5 Å². The van der Waals surface area contributed by atoms with Gasteiger partial charge in [0, 0.05) is 12.6 Å². The third kappa shape index (κ3) is 3.68. The molecule has 1 N–H and O–H groups in total. The maximum atomic E-state index is 11.6. The number of sulfone groups is 1. The summed E-state index contributed by atoms with van der Waals surface area (Å²) in [5.41, 5.74) is 1.71. The van der Waals surface area contributed by atoms with E-state index < -0.39 is 9.84 Å². The van der Waals surface area contributed by atoms with Crippen molar-refractivity contribution in [3.8, 4) is 5.69 Å². The Labute approximate surface area is 124 Å². The molecule has 1 aliphatic heterocycles. The van der Waals surface area contributed by atoms with E-state index in [9.17, 15) is 8.42 Å². The molecule has 7 heteroatoms. The highest BCUT2D eigenvalue weighted by Gasteiger charge is 2.24. The third-order valence-corrected chi connectivity index (χ3v) is 5.38. The SMILES string of the molecule is O=S1(=O)CCCC(NCc2cnn(-c3ccccc3)n2)C1. The first-order chi connectivity index (χ1) is 10.1. The molecular weight excluding hydrogens is 288 g/mol. The second-order valence-corrected chi connectivity index (χ2v) is 7.52. The van der Waals surface area contributed by atoms with Gasteiger partial charge in [-0.15, -0.1) is 0 Å². The van der Waals surface area contributed by atoms with Gasteiger partial charge in [0.05, 0.1) is 29.1 Å². The molecule has 1 unspecified atom stereocenters. The molecule has 2 heterocycles. The van der Waals surface area contributed by atoms with E-state index in [1.807, 2.05) is 30.3 Å². The van der Waals surface area contributed by atoms with Crippen LogP contribution in [0.4, 0.5) is 0 Å². The molecule has 1 fully saturated rings. The normalized spacial score (nSPS) is 21.2. The maximum Gasteiger partial charge on any atom is 0.151 e. The molecule has 2 aromatic rings. The molecule has 0 saturated carbocycles. The van der Waals surface area contributed by atoms with Crippen molar-refractivity contribution in [3.63, 3.8) is 0 Å². The number of hydrogen-bond donors (Lipinski definition) is 1. The number of para-hydroxylation sites is 1. The number of benzene rings is 1. The summed E-state index contributed by atoms with van der Waals surface area (Å²) >= 11 is 0. The van der Waals surface area contributed by atoms with E-state index in [-0.39, 0.29) is 11.8 Å². The monoisotopic (exact) mass is 306 g/mol. The van der Waals surface area contributed by atoms with Gasteiger partial charge < -0.3 is 5.32 Å². The van der Waals surface area contributed by atoms with E-state index in [0.29, 0.717) is 12.3 Å². The summed E-state index contributed by atoms with van der Waals surface area (Å²) in [6.45, 7) is 0.535. The first-order valence-corrected chi connectivity index (χ1v) is 8.85. The highest BCUT2D eigenvalue weighted by molar-refractivity contribution is 7.91. The van der Waals surface area contributed by atoms with E-state index in [2.05, 4.69) is 15.5 Å². The molecule has 0 aliphatic carbocycles. The van der Waals surface area contributed by atoms with Crippen LogP contribution in [0.5, 0.6) is 0 Å². The zero-order valence-electron chi connectivity index (χ0n) is 11.6. The fourth-order valence-corrected chi connectivity index (χ4v) is 4.16. The molecule has 1 aromatic heterocycles. The van der Waals surface area contributed by atoms with Gasteiger partial charge in [0.1, 0.15) is 0 Å². The van der Waals surface area contributed by atoms with Crippen molar-refractivity contribution in [1.82, 2.24) is 20.3 Å². The fraction of sp³-hybridized carbons (Fsp3) is 0.429. The summed E-state index contributed by atoms with van der Waals surface area (Å²) in [6, 6.07) is 9.70. The minimum atomic E-state index is -2.88. The van der Waals surface area contributed by atoms with Crippen LogP contribution in [0.2, 0.25) is 0 Å². The Balaban J connectivity index is 1.60. The summed E-state index contributed by atoms with van der Waals surface area (Å²) in [4.78, 5) is 1.58. The van der Waals surface area contributed by atoms with Gasteiger partial charge in [0.2, 0.25) is 0 Å². The molecule has 1 aliphatic rings. The van der Waals surface area contributed by atoms with Crippen LogP contribution in [-0.4, -0.2) is 41.0 Å². The van der Waals surface area contributed by atoms with Gasteiger partial charge in [-0.2, -0.15) is 15.0 Å². The lowest BCUT2D eigenvalue weighted by Crippen LogP contribution is -2.39. The first-order valence-electron chi connectivity index (χ1n) is 7.03. The molecule has 0 amide bonds. The minimum Gasteiger partial charge on any atom is -0.307 e. The van der Waals surface area contributed by atoms with E-state index in [1.165, 1.54) is 0 Å². The average Bonchev–Trinajstić information content (AvgIpc) is 2.94. The smallest absolute Gasteiger partial charge is 0.151 e. The van der Waals surface area contributed by atoms with Crippen molar-refractivity contribution < 1.29 is 8.42 Å². The third-order valence-electron chi connectivity index (χ3n) is 3.56. The Morgan fingerprint density at radius 1 is 1.29 bits per heavy atom. The predicted molar refractivity (Wildman–Crippen MR) is 79.9 cm³/mol. The fourth-order valence-electron chi connectivity index (χ4n) is 2.49. The number of nitrogens with zero attached hydrogens (tertiary/aromatic N) is 3. The first kappa shape index (κ1) is 14.2. The lowest BCUT2D eigenvalue weighted by Gasteiger charge is -2.22. The van der Waals surface area contributed by atoms with Gasteiger partial charge in [-0.25, -0.2) is 8.42 Å². The van der Waals surface area contributed by atoms with Crippen molar-refractivity contribution >= 4 is 9.84 Å². The summed E-state index contributed by atoms with van der Waals surface area (Å²) in [7, 11) is -2.88. The summed E-state index contributed by atoms with van der Waals surface area (Å²) in [5, 5.41) is 11.9. The highest BCUT2D eigenvalue weighted by atomic mass is 32.2. The summed E-state index contributed by atoms with van der Waals surface area (Å²) in [6.07, 6.45) is 3.33. The standard InChI is InChI=1S/C14H18N4O2S/c19-21(20)8-4-5-12(11-21)15-9-13-10-16-18(17-13)14-6-2-1-3-7-14/h1-3,6-7,10,12,15H,4-5,8-9,11H2. The number of hydrogen-bond acceptors (Lipinski definition) is 5. The van der Waals surface area contributed by atoms with Gasteiger partial charge in [0.25, 0.3) is 0 Å². The van der Waals surface area contributed by atoms with Crippen molar-refractivity contribution in [1.29, 1.82) is 0 Å². The van der Waals surface area contributed by atoms with Crippen molar-refractivity contribution in [2.75, 3.05) is 11.5 Å². The van der Waals surface area contributed by atoms with Gasteiger partial charge in [0.15, 0.2) is 9.84 Å². The van der Waals surface area contributed by atoms with E-state index in [4.69, 9.17) is 0 Å². The Bertz CT molecular complexity index is 697. The van der Waals surface area contributed by atoms with Gasteiger partial charge in [-0.1, -0.05) is 18.2 Å². The molecule has 1 atom stereocenters.